The van der Waals surface area contributed by atoms with Crippen molar-refractivity contribution in [2.24, 2.45) is 0 Å². The van der Waals surface area contributed by atoms with Crippen LogP contribution in [0.4, 0.5) is 14.6 Å². The number of anilines is 1. The van der Waals surface area contributed by atoms with Crippen LogP contribution in [-0.4, -0.2) is 54.7 Å². The van der Waals surface area contributed by atoms with Crippen LogP contribution in [0.1, 0.15) is 41.5 Å². The smallest absolute Gasteiger partial charge is 0.329 e. The standard InChI is InChI=1S/C25H20ClF2N7O5/c1-2-39-19-9-17(25(38)40-10-18(36)13-3-6-20(29)31-24(13)28)35-16(19)7-12(8-21(35)37)22-15(34-11-30-32-33-34)5-4-14(26)23(22)27/h3-8,11,17,19H,2,9-10H2,1H3,(H2,29,31). The summed E-state index contributed by atoms with van der Waals surface area (Å²) in [6.07, 6.45) is 0.535. The third-order valence-corrected chi connectivity index (χ3v) is 6.58. The molecule has 0 saturated heterocycles. The molecule has 0 radical (unpaired) electrons. The van der Waals surface area contributed by atoms with Crippen LogP contribution in [0.5, 0.6) is 0 Å². The maximum absolute atomic E-state index is 15.3. The SMILES string of the molecule is CCOC1CC(C(=O)OCC(=O)c2ccc(N)nc2F)n2c1cc(-c1c(-n3cnnn3)ccc(Cl)c1F)cc2=O. The number of nitrogen functional groups attached to an aromatic ring is 1. The summed E-state index contributed by atoms with van der Waals surface area (Å²) in [7, 11) is 0. The molecule has 40 heavy (non-hydrogen) atoms. The highest BCUT2D eigenvalue weighted by Crippen LogP contribution is 2.40. The van der Waals surface area contributed by atoms with Crippen LogP contribution in [0.2, 0.25) is 5.02 Å². The molecule has 4 aromatic rings. The summed E-state index contributed by atoms with van der Waals surface area (Å²) in [6.45, 7) is 1.19. The van der Waals surface area contributed by atoms with E-state index in [2.05, 4.69) is 20.5 Å². The van der Waals surface area contributed by atoms with Crippen molar-refractivity contribution in [2.75, 3.05) is 18.9 Å². The van der Waals surface area contributed by atoms with E-state index in [0.29, 0.717) is 0 Å². The van der Waals surface area contributed by atoms with Crippen LogP contribution < -0.4 is 11.3 Å². The molecule has 2 unspecified atom stereocenters. The Morgan fingerprint density at radius 3 is 2.70 bits per heavy atom. The van der Waals surface area contributed by atoms with Gasteiger partial charge in [-0.05, 0) is 53.2 Å². The Labute approximate surface area is 229 Å². The maximum atomic E-state index is 15.3. The van der Waals surface area contributed by atoms with Crippen LogP contribution in [0.3, 0.4) is 0 Å². The first-order valence-electron chi connectivity index (χ1n) is 11.9. The first-order valence-corrected chi connectivity index (χ1v) is 12.3. The number of Topliss-reactive ketones (excluding diaryl/α,β-unsaturated/α-hetero) is 1. The summed E-state index contributed by atoms with van der Waals surface area (Å²) >= 11 is 6.05. The molecule has 2 atom stereocenters. The number of hydrogen-bond acceptors (Lipinski definition) is 10. The van der Waals surface area contributed by atoms with E-state index in [1.54, 1.807) is 6.92 Å². The van der Waals surface area contributed by atoms with Crippen LogP contribution in [0.25, 0.3) is 16.8 Å². The number of carbonyl (C=O) groups excluding carboxylic acids is 2. The largest absolute Gasteiger partial charge is 0.456 e. The minimum absolute atomic E-state index is 0.00915. The Morgan fingerprint density at radius 1 is 1.20 bits per heavy atom. The lowest BCUT2D eigenvalue weighted by Crippen LogP contribution is -2.30. The fourth-order valence-corrected chi connectivity index (χ4v) is 4.71. The highest BCUT2D eigenvalue weighted by atomic mass is 35.5. The molecule has 1 aliphatic rings. The van der Waals surface area contributed by atoms with Gasteiger partial charge < -0.3 is 15.2 Å². The number of carbonyl (C=O) groups is 2. The number of halogens is 3. The Bertz CT molecular complexity index is 1680. The van der Waals surface area contributed by atoms with Gasteiger partial charge in [-0.1, -0.05) is 11.6 Å². The van der Waals surface area contributed by atoms with Gasteiger partial charge in [0.1, 0.15) is 24.3 Å². The predicted octanol–water partition coefficient (Wildman–Crippen LogP) is 2.85. The molecular weight excluding hydrogens is 552 g/mol. The van der Waals surface area contributed by atoms with Crippen molar-refractivity contribution in [3.05, 3.63) is 81.1 Å². The first-order chi connectivity index (χ1) is 19.2. The zero-order valence-electron chi connectivity index (χ0n) is 20.8. The van der Waals surface area contributed by atoms with E-state index in [9.17, 15) is 18.8 Å². The molecule has 3 aromatic heterocycles. The molecule has 0 bridgehead atoms. The zero-order chi connectivity index (χ0) is 28.6. The van der Waals surface area contributed by atoms with Gasteiger partial charge in [0.05, 0.1) is 22.0 Å². The van der Waals surface area contributed by atoms with E-state index in [-0.39, 0.29) is 46.4 Å². The molecule has 0 aliphatic carbocycles. The molecule has 1 aliphatic heterocycles. The molecule has 4 heterocycles. The van der Waals surface area contributed by atoms with Crippen molar-refractivity contribution in [3.8, 4) is 16.8 Å². The summed E-state index contributed by atoms with van der Waals surface area (Å²) in [5.74, 6) is -3.76. The van der Waals surface area contributed by atoms with E-state index < -0.39 is 53.4 Å². The summed E-state index contributed by atoms with van der Waals surface area (Å²) in [5.41, 5.74) is 4.97. The number of pyridine rings is 2. The average molecular weight is 572 g/mol. The fraction of sp³-hybridized carbons (Fsp3) is 0.240. The van der Waals surface area contributed by atoms with Crippen molar-refractivity contribution in [3.63, 3.8) is 0 Å². The number of hydrogen-bond donors (Lipinski definition) is 1. The van der Waals surface area contributed by atoms with Crippen molar-refractivity contribution in [1.82, 2.24) is 29.8 Å². The quantitative estimate of drug-likeness (QED) is 0.189. The summed E-state index contributed by atoms with van der Waals surface area (Å²) in [4.78, 5) is 42.2. The second-order valence-electron chi connectivity index (χ2n) is 8.69. The van der Waals surface area contributed by atoms with E-state index in [1.807, 2.05) is 0 Å². The minimum atomic E-state index is -1.15. The number of rotatable bonds is 8. The molecule has 0 spiro atoms. The van der Waals surface area contributed by atoms with Gasteiger partial charge >= 0.3 is 5.97 Å². The van der Waals surface area contributed by atoms with Crippen LogP contribution >= 0.6 is 11.6 Å². The number of nitrogens with zero attached hydrogens (tertiary/aromatic N) is 6. The number of ether oxygens (including phenoxy) is 2. The number of fused-ring (bicyclic) bond motifs is 1. The Hall–Kier alpha value is -4.56. The van der Waals surface area contributed by atoms with Gasteiger partial charge in [0.15, 0.2) is 12.4 Å². The monoisotopic (exact) mass is 571 g/mol. The van der Waals surface area contributed by atoms with E-state index >= 15 is 4.39 Å². The molecule has 0 amide bonds. The van der Waals surface area contributed by atoms with Gasteiger partial charge in [0, 0.05) is 24.7 Å². The van der Waals surface area contributed by atoms with E-state index in [0.717, 1.165) is 12.1 Å². The van der Waals surface area contributed by atoms with Gasteiger partial charge in [0.2, 0.25) is 11.7 Å². The second kappa shape index (κ2) is 10.9. The molecule has 15 heteroatoms. The Kier molecular flexibility index (Phi) is 7.36. The average Bonchev–Trinajstić information content (AvgIpc) is 3.58. The van der Waals surface area contributed by atoms with Gasteiger partial charge in [-0.15, -0.1) is 5.10 Å². The molecule has 2 N–H and O–H groups in total. The normalized spacial score (nSPS) is 16.1. The summed E-state index contributed by atoms with van der Waals surface area (Å²) < 4.78 is 42.7. The summed E-state index contributed by atoms with van der Waals surface area (Å²) in [6, 6.07) is 6.70. The lowest BCUT2D eigenvalue weighted by Gasteiger charge is -2.16. The maximum Gasteiger partial charge on any atom is 0.329 e. The van der Waals surface area contributed by atoms with Gasteiger partial charge in [-0.3, -0.25) is 14.2 Å². The lowest BCUT2D eigenvalue weighted by atomic mass is 10.0. The van der Waals surface area contributed by atoms with Gasteiger partial charge in [0.25, 0.3) is 5.56 Å². The fourth-order valence-electron chi connectivity index (χ4n) is 4.56. The number of ketones is 1. The molecule has 1 aromatic carbocycles. The van der Waals surface area contributed by atoms with Crippen molar-refractivity contribution in [2.45, 2.75) is 25.5 Å². The highest BCUT2D eigenvalue weighted by molar-refractivity contribution is 6.31. The van der Waals surface area contributed by atoms with Gasteiger partial charge in [-0.2, -0.15) is 9.07 Å². The number of tetrazole rings is 1. The molecular formula is C25H20ClF2N7O5. The molecule has 0 fully saturated rings. The minimum Gasteiger partial charge on any atom is -0.456 e. The van der Waals surface area contributed by atoms with Crippen molar-refractivity contribution >= 4 is 29.2 Å². The molecule has 206 valence electrons. The summed E-state index contributed by atoms with van der Waals surface area (Å²) in [5, 5.41) is 10.8. The van der Waals surface area contributed by atoms with Crippen LogP contribution in [-0.2, 0) is 14.3 Å². The molecule has 12 nitrogen and oxygen atoms in total. The highest BCUT2D eigenvalue weighted by Gasteiger charge is 2.38. The Balaban J connectivity index is 1.49. The first kappa shape index (κ1) is 27.0. The number of aromatic nitrogens is 6. The van der Waals surface area contributed by atoms with Gasteiger partial charge in [-0.25, -0.2) is 14.2 Å². The second-order valence-corrected chi connectivity index (χ2v) is 9.10. The third kappa shape index (κ3) is 4.94. The predicted molar refractivity (Wildman–Crippen MR) is 136 cm³/mol. The molecule has 5 rings (SSSR count). The van der Waals surface area contributed by atoms with E-state index in [4.69, 9.17) is 26.8 Å². The molecule has 0 saturated carbocycles. The van der Waals surface area contributed by atoms with Crippen LogP contribution in [0, 0.1) is 11.8 Å². The van der Waals surface area contributed by atoms with Crippen molar-refractivity contribution < 1.29 is 27.8 Å². The topological polar surface area (TPSA) is 157 Å². The van der Waals surface area contributed by atoms with Crippen LogP contribution in [0.15, 0.2) is 47.5 Å². The lowest BCUT2D eigenvalue weighted by molar-refractivity contribution is -0.146. The Morgan fingerprint density at radius 2 is 2.00 bits per heavy atom. The number of nitrogens with two attached hydrogens (primary N) is 1. The van der Waals surface area contributed by atoms with E-state index in [1.165, 1.54) is 39.8 Å². The zero-order valence-corrected chi connectivity index (χ0v) is 21.5. The van der Waals surface area contributed by atoms with Crippen molar-refractivity contribution in [1.29, 1.82) is 0 Å². The third-order valence-electron chi connectivity index (χ3n) is 6.29. The number of esters is 1. The number of benzene rings is 1.